The van der Waals surface area contributed by atoms with E-state index in [-0.39, 0.29) is 0 Å². The maximum atomic E-state index is 5.83. The number of rotatable bonds is 2. The van der Waals surface area contributed by atoms with Crippen molar-refractivity contribution in [3.05, 3.63) is 11.8 Å². The van der Waals surface area contributed by atoms with Crippen LogP contribution in [0.5, 0.6) is 0 Å². The van der Waals surface area contributed by atoms with Crippen molar-refractivity contribution in [1.82, 2.24) is 15.5 Å². The van der Waals surface area contributed by atoms with E-state index in [1.165, 1.54) is 32.1 Å². The second-order valence-corrected chi connectivity index (χ2v) is 4.98. The first-order valence-electron chi connectivity index (χ1n) is 6.47. The molecule has 1 unspecified atom stereocenters. The lowest BCUT2D eigenvalue weighted by Gasteiger charge is -2.20. The Bertz CT molecular complexity index is 338. The summed E-state index contributed by atoms with van der Waals surface area (Å²) in [7, 11) is 0. The highest BCUT2D eigenvalue weighted by molar-refractivity contribution is 4.99. The molecule has 4 heteroatoms. The zero-order chi connectivity index (χ0) is 10.8. The topological polar surface area (TPSA) is 51.0 Å². The molecule has 0 spiro atoms. The molecule has 1 saturated heterocycles. The van der Waals surface area contributed by atoms with Gasteiger partial charge in [-0.05, 0) is 45.2 Å². The Balaban J connectivity index is 1.70. The molecule has 1 N–H and O–H groups in total. The Morgan fingerprint density at radius 1 is 0.875 bits per heavy atom. The summed E-state index contributed by atoms with van der Waals surface area (Å²) in [5, 5.41) is 11.9. The number of aromatic nitrogens is 2. The Hall–Kier alpha value is -0.900. The summed E-state index contributed by atoms with van der Waals surface area (Å²) < 4.78 is 5.83. The lowest BCUT2D eigenvalue weighted by molar-refractivity contribution is 0.313. The first kappa shape index (κ1) is 10.3. The van der Waals surface area contributed by atoms with Crippen LogP contribution in [0.2, 0.25) is 0 Å². The van der Waals surface area contributed by atoms with Gasteiger partial charge in [0.2, 0.25) is 11.8 Å². The van der Waals surface area contributed by atoms with Crippen molar-refractivity contribution >= 4 is 0 Å². The molecule has 1 aliphatic carbocycles. The smallest absolute Gasteiger partial charge is 0.219 e. The first-order chi connectivity index (χ1) is 7.93. The molecular formula is C12H19N3O. The Morgan fingerprint density at radius 3 is 2.25 bits per heavy atom. The van der Waals surface area contributed by atoms with Gasteiger partial charge in [0.15, 0.2) is 0 Å². The molecule has 3 rings (SSSR count). The largest absolute Gasteiger partial charge is 0.425 e. The van der Waals surface area contributed by atoms with Gasteiger partial charge in [-0.25, -0.2) is 0 Å². The summed E-state index contributed by atoms with van der Waals surface area (Å²) in [5.41, 5.74) is 0. The second-order valence-electron chi connectivity index (χ2n) is 4.98. The van der Waals surface area contributed by atoms with E-state index in [0.717, 1.165) is 31.3 Å². The first-order valence-corrected chi connectivity index (χ1v) is 6.47. The minimum Gasteiger partial charge on any atom is -0.425 e. The van der Waals surface area contributed by atoms with Crippen molar-refractivity contribution in [1.29, 1.82) is 0 Å². The van der Waals surface area contributed by atoms with Gasteiger partial charge >= 0.3 is 0 Å². The highest BCUT2D eigenvalue weighted by Crippen LogP contribution is 2.36. The van der Waals surface area contributed by atoms with E-state index in [1.54, 1.807) is 0 Å². The van der Waals surface area contributed by atoms with E-state index >= 15 is 0 Å². The van der Waals surface area contributed by atoms with Gasteiger partial charge in [0.25, 0.3) is 0 Å². The van der Waals surface area contributed by atoms with Gasteiger partial charge in [0.05, 0.1) is 0 Å². The van der Waals surface area contributed by atoms with Crippen LogP contribution >= 0.6 is 0 Å². The molecule has 2 fully saturated rings. The van der Waals surface area contributed by atoms with Crippen LogP contribution in [0.3, 0.4) is 0 Å². The Morgan fingerprint density at radius 2 is 1.56 bits per heavy atom. The summed E-state index contributed by atoms with van der Waals surface area (Å²) in [6.07, 6.45) is 7.30. The zero-order valence-electron chi connectivity index (χ0n) is 9.61. The third-order valence-corrected chi connectivity index (χ3v) is 3.84. The number of nitrogens with zero attached hydrogens (tertiary/aromatic N) is 2. The van der Waals surface area contributed by atoms with Crippen LogP contribution in [0.1, 0.15) is 62.1 Å². The lowest BCUT2D eigenvalue weighted by Crippen LogP contribution is -2.13. The van der Waals surface area contributed by atoms with Crippen molar-refractivity contribution < 1.29 is 4.42 Å². The Labute approximate surface area is 95.8 Å². The third-order valence-electron chi connectivity index (χ3n) is 3.84. The van der Waals surface area contributed by atoms with Gasteiger partial charge in [-0.3, -0.25) is 0 Å². The van der Waals surface area contributed by atoms with Gasteiger partial charge in [0, 0.05) is 11.8 Å². The molecule has 2 aliphatic rings. The minimum absolute atomic E-state index is 0.483. The van der Waals surface area contributed by atoms with E-state index < -0.39 is 0 Å². The normalized spacial score (nSPS) is 27.4. The predicted octanol–water partition coefficient (Wildman–Crippen LogP) is 2.19. The zero-order valence-corrected chi connectivity index (χ0v) is 9.61. The third kappa shape index (κ3) is 1.98. The van der Waals surface area contributed by atoms with Crippen molar-refractivity contribution in [2.24, 2.45) is 0 Å². The van der Waals surface area contributed by atoms with Gasteiger partial charge in [-0.2, -0.15) is 0 Å². The molecule has 1 saturated carbocycles. The fourth-order valence-electron chi connectivity index (χ4n) is 2.50. The van der Waals surface area contributed by atoms with Crippen LogP contribution in [0.15, 0.2) is 4.42 Å². The summed E-state index contributed by atoms with van der Waals surface area (Å²) in [4.78, 5) is 0. The van der Waals surface area contributed by atoms with E-state index in [2.05, 4.69) is 15.5 Å². The minimum atomic E-state index is 0.483. The van der Waals surface area contributed by atoms with Crippen molar-refractivity contribution in [3.8, 4) is 0 Å². The lowest BCUT2D eigenvalue weighted by atomic mass is 9.85. The highest BCUT2D eigenvalue weighted by Gasteiger charge is 2.27. The quantitative estimate of drug-likeness (QED) is 0.831. The van der Waals surface area contributed by atoms with Gasteiger partial charge < -0.3 is 9.73 Å². The molecule has 2 heterocycles. The molecule has 0 bridgehead atoms. The second kappa shape index (κ2) is 4.53. The van der Waals surface area contributed by atoms with E-state index in [4.69, 9.17) is 4.42 Å². The number of hydrogen-bond donors (Lipinski definition) is 1. The van der Waals surface area contributed by atoms with Crippen molar-refractivity contribution in [2.75, 3.05) is 13.1 Å². The van der Waals surface area contributed by atoms with Crippen LogP contribution in [-0.4, -0.2) is 23.3 Å². The standard InChI is InChI=1S/C12H19N3O/c1-3-9(4-1)11-14-15-12(16-11)10-5-2-7-13-8-6-10/h9-10,13H,1-8H2. The van der Waals surface area contributed by atoms with Crippen LogP contribution in [0, 0.1) is 0 Å². The van der Waals surface area contributed by atoms with Gasteiger partial charge in [-0.1, -0.05) is 6.42 Å². The summed E-state index contributed by atoms with van der Waals surface area (Å²) in [6, 6.07) is 0. The van der Waals surface area contributed by atoms with Crippen LogP contribution < -0.4 is 5.32 Å². The SMILES string of the molecule is C1CC(c2nnc(C3CCCNCC3)o2)C1. The molecule has 0 radical (unpaired) electrons. The van der Waals surface area contributed by atoms with Gasteiger partial charge in [-0.15, -0.1) is 10.2 Å². The fraction of sp³-hybridized carbons (Fsp3) is 0.833. The van der Waals surface area contributed by atoms with Gasteiger partial charge in [0.1, 0.15) is 0 Å². The van der Waals surface area contributed by atoms with Crippen molar-refractivity contribution in [2.45, 2.75) is 50.4 Å². The van der Waals surface area contributed by atoms with E-state index in [0.29, 0.717) is 11.8 Å². The molecule has 0 aromatic carbocycles. The average Bonchev–Trinajstić information content (AvgIpc) is 2.52. The molecule has 1 aliphatic heterocycles. The predicted molar refractivity (Wildman–Crippen MR) is 60.4 cm³/mol. The summed E-state index contributed by atoms with van der Waals surface area (Å²) in [6.45, 7) is 2.20. The molecule has 0 amide bonds. The molecule has 16 heavy (non-hydrogen) atoms. The Kier molecular flexibility index (Phi) is 2.91. The molecular weight excluding hydrogens is 202 g/mol. The average molecular weight is 221 g/mol. The highest BCUT2D eigenvalue weighted by atomic mass is 16.4. The van der Waals surface area contributed by atoms with E-state index in [9.17, 15) is 0 Å². The summed E-state index contributed by atoms with van der Waals surface area (Å²) in [5.74, 6) is 2.81. The fourth-order valence-corrected chi connectivity index (χ4v) is 2.50. The molecule has 1 atom stereocenters. The van der Waals surface area contributed by atoms with Crippen LogP contribution in [0.4, 0.5) is 0 Å². The molecule has 4 nitrogen and oxygen atoms in total. The van der Waals surface area contributed by atoms with Crippen LogP contribution in [-0.2, 0) is 0 Å². The van der Waals surface area contributed by atoms with E-state index in [1.807, 2.05) is 0 Å². The monoisotopic (exact) mass is 221 g/mol. The summed E-state index contributed by atoms with van der Waals surface area (Å²) >= 11 is 0. The van der Waals surface area contributed by atoms with Crippen molar-refractivity contribution in [3.63, 3.8) is 0 Å². The molecule has 1 aromatic rings. The number of hydrogen-bond acceptors (Lipinski definition) is 4. The number of nitrogens with one attached hydrogen (secondary N) is 1. The molecule has 88 valence electrons. The van der Waals surface area contributed by atoms with Crippen LogP contribution in [0.25, 0.3) is 0 Å². The molecule has 1 aromatic heterocycles. The maximum absolute atomic E-state index is 5.83. The maximum Gasteiger partial charge on any atom is 0.219 e.